The van der Waals surface area contributed by atoms with Gasteiger partial charge < -0.3 is 30.7 Å². The van der Waals surface area contributed by atoms with Crippen molar-refractivity contribution in [3.05, 3.63) is 65.0 Å². The number of amides is 2. The molecule has 48 heavy (non-hydrogen) atoms. The highest BCUT2D eigenvalue weighted by molar-refractivity contribution is 5.96. The van der Waals surface area contributed by atoms with E-state index in [1.54, 1.807) is 4.90 Å². The van der Waals surface area contributed by atoms with Crippen LogP contribution in [0.4, 0.5) is 15.0 Å². The van der Waals surface area contributed by atoms with Gasteiger partial charge in [0.25, 0.3) is 5.91 Å². The van der Waals surface area contributed by atoms with E-state index in [-0.39, 0.29) is 35.4 Å². The lowest BCUT2D eigenvalue weighted by Gasteiger charge is -2.39. The molecule has 3 aromatic rings. The zero-order chi connectivity index (χ0) is 34.3. The van der Waals surface area contributed by atoms with Crippen LogP contribution in [-0.4, -0.2) is 75.5 Å². The number of hydrogen-bond acceptors (Lipinski definition) is 7. The average molecular weight is 658 g/mol. The first kappa shape index (κ1) is 33.3. The van der Waals surface area contributed by atoms with Crippen molar-refractivity contribution in [1.82, 2.24) is 24.9 Å². The molecule has 2 aromatic carbocycles. The lowest BCUT2D eigenvalue weighted by molar-refractivity contribution is 0.0777. The Labute approximate surface area is 280 Å². The lowest BCUT2D eigenvalue weighted by Crippen LogP contribution is -2.47. The van der Waals surface area contributed by atoms with Crippen molar-refractivity contribution in [2.24, 2.45) is 17.3 Å². The van der Waals surface area contributed by atoms with Crippen LogP contribution in [0, 0.1) is 34.4 Å². The SMILES string of the molecule is COc1ccc(F)cc1C(=O)NCc1ccc(-c2nn(C3CCN(C4C[C@H]5CN(C(=O)O)C(C(C)(C)C)[C@H]5C4)CC3)c(N)c2C#N)cc1. The fourth-order valence-corrected chi connectivity index (χ4v) is 8.38. The summed E-state index contributed by atoms with van der Waals surface area (Å²) in [6.07, 6.45) is 2.96. The van der Waals surface area contributed by atoms with E-state index < -0.39 is 17.8 Å². The number of carboxylic acid groups (broad SMARTS) is 1. The fraction of sp³-hybridized carbons (Fsp3) is 0.500. The molecule has 0 bridgehead atoms. The number of rotatable bonds is 7. The van der Waals surface area contributed by atoms with Gasteiger partial charge in [0.2, 0.25) is 0 Å². The predicted molar refractivity (Wildman–Crippen MR) is 179 cm³/mol. The van der Waals surface area contributed by atoms with Crippen LogP contribution in [0.5, 0.6) is 5.75 Å². The molecule has 0 spiro atoms. The molecular weight excluding hydrogens is 613 g/mol. The molecule has 1 aliphatic carbocycles. The number of nitrogens with one attached hydrogen (secondary N) is 1. The third-order valence-corrected chi connectivity index (χ3v) is 10.5. The topological polar surface area (TPSA) is 150 Å². The molecular formula is C36H44FN7O4. The molecule has 2 unspecified atom stereocenters. The number of halogens is 1. The molecule has 4 N–H and O–H groups in total. The van der Waals surface area contributed by atoms with E-state index in [1.165, 1.54) is 19.2 Å². The highest BCUT2D eigenvalue weighted by Crippen LogP contribution is 2.49. The van der Waals surface area contributed by atoms with Gasteiger partial charge in [-0.25, -0.2) is 13.9 Å². The summed E-state index contributed by atoms with van der Waals surface area (Å²) in [7, 11) is 1.43. The Morgan fingerprint density at radius 3 is 2.46 bits per heavy atom. The Bertz CT molecular complexity index is 1720. The zero-order valence-electron chi connectivity index (χ0n) is 27.9. The summed E-state index contributed by atoms with van der Waals surface area (Å²) >= 11 is 0. The molecule has 2 amide bonds. The summed E-state index contributed by atoms with van der Waals surface area (Å²) in [5.41, 5.74) is 8.97. The quantitative estimate of drug-likeness (QED) is 0.301. The second-order valence-corrected chi connectivity index (χ2v) is 14.5. The molecule has 4 atom stereocenters. The third-order valence-electron chi connectivity index (χ3n) is 10.5. The maximum Gasteiger partial charge on any atom is 0.407 e. The smallest absolute Gasteiger partial charge is 0.407 e. The Morgan fingerprint density at radius 2 is 1.83 bits per heavy atom. The molecule has 2 aliphatic heterocycles. The van der Waals surface area contributed by atoms with Crippen molar-refractivity contribution in [3.8, 4) is 23.1 Å². The summed E-state index contributed by atoms with van der Waals surface area (Å²) in [5, 5.41) is 27.5. The number of benzene rings is 2. The number of nitrogen functional groups attached to an aromatic ring is 1. The molecule has 11 nitrogen and oxygen atoms in total. The Balaban J connectivity index is 1.08. The maximum absolute atomic E-state index is 13.7. The van der Waals surface area contributed by atoms with Crippen LogP contribution < -0.4 is 15.8 Å². The molecule has 0 radical (unpaired) electrons. The molecule has 12 heteroatoms. The second-order valence-electron chi connectivity index (χ2n) is 14.5. The van der Waals surface area contributed by atoms with Crippen LogP contribution in [0.1, 0.15) is 74.0 Å². The van der Waals surface area contributed by atoms with Gasteiger partial charge in [0.1, 0.15) is 34.7 Å². The minimum absolute atomic E-state index is 0.0337. The van der Waals surface area contributed by atoms with Gasteiger partial charge in [-0.05, 0) is 66.7 Å². The van der Waals surface area contributed by atoms with E-state index in [9.17, 15) is 24.3 Å². The molecule has 6 rings (SSSR count). The minimum Gasteiger partial charge on any atom is -0.496 e. The number of aromatic nitrogens is 2. The van der Waals surface area contributed by atoms with E-state index in [0.717, 1.165) is 56.0 Å². The van der Waals surface area contributed by atoms with Gasteiger partial charge in [0.15, 0.2) is 0 Å². The van der Waals surface area contributed by atoms with Crippen molar-refractivity contribution in [2.75, 3.05) is 32.5 Å². The molecule has 3 heterocycles. The van der Waals surface area contributed by atoms with Crippen molar-refractivity contribution in [2.45, 2.75) is 71.1 Å². The van der Waals surface area contributed by atoms with Gasteiger partial charge in [-0.1, -0.05) is 45.0 Å². The zero-order valence-corrected chi connectivity index (χ0v) is 27.9. The van der Waals surface area contributed by atoms with Crippen molar-refractivity contribution in [3.63, 3.8) is 0 Å². The van der Waals surface area contributed by atoms with Crippen molar-refractivity contribution in [1.29, 1.82) is 5.26 Å². The predicted octanol–water partition coefficient (Wildman–Crippen LogP) is 5.52. The van der Waals surface area contributed by atoms with E-state index >= 15 is 0 Å². The normalized spacial score (nSPS) is 23.1. The molecule has 254 valence electrons. The van der Waals surface area contributed by atoms with Crippen molar-refractivity contribution < 1.29 is 23.8 Å². The monoisotopic (exact) mass is 657 g/mol. The summed E-state index contributed by atoms with van der Waals surface area (Å²) in [5.74, 6) is 0.458. The van der Waals surface area contributed by atoms with Crippen molar-refractivity contribution >= 4 is 17.8 Å². The largest absolute Gasteiger partial charge is 0.496 e. The number of nitrogens with zero attached hydrogens (tertiary/aromatic N) is 5. The van der Waals surface area contributed by atoms with Gasteiger partial charge in [-0.3, -0.25) is 4.79 Å². The van der Waals surface area contributed by atoms with Gasteiger partial charge in [0, 0.05) is 43.8 Å². The van der Waals surface area contributed by atoms with Gasteiger partial charge in [-0.15, -0.1) is 0 Å². The van der Waals surface area contributed by atoms with E-state index in [0.29, 0.717) is 41.5 Å². The molecule has 3 aliphatic rings. The molecule has 1 saturated carbocycles. The van der Waals surface area contributed by atoms with Crippen LogP contribution in [0.25, 0.3) is 11.3 Å². The Kier molecular flexibility index (Phi) is 9.09. The van der Waals surface area contributed by atoms with Crippen LogP contribution in [0.15, 0.2) is 42.5 Å². The number of piperidine rings is 1. The van der Waals surface area contributed by atoms with Crippen LogP contribution in [-0.2, 0) is 6.54 Å². The van der Waals surface area contributed by atoms with Crippen LogP contribution in [0.2, 0.25) is 0 Å². The minimum atomic E-state index is -0.807. The van der Waals surface area contributed by atoms with E-state index in [2.05, 4.69) is 37.1 Å². The fourth-order valence-electron chi connectivity index (χ4n) is 8.38. The summed E-state index contributed by atoms with van der Waals surface area (Å²) < 4.78 is 20.7. The standard InChI is InChI=1S/C36H44FN7O4/c1-36(2,3)32-27-17-26(15-23(27)20-43(32)35(46)47)42-13-11-25(12-14-42)44-33(39)29(18-38)31(41-44)22-7-5-21(6-8-22)19-40-34(45)28-16-24(37)9-10-30(28)48-4/h5-10,16,23,25-27,32H,11-15,17,19-20,39H2,1-4H3,(H,40,45)(H,46,47)/t23-,26?,27-,32?/m0/s1. The van der Waals surface area contributed by atoms with Gasteiger partial charge in [-0.2, -0.15) is 10.4 Å². The average Bonchev–Trinajstić information content (AvgIpc) is 3.74. The number of nitrogens with two attached hydrogens (primary N) is 1. The number of methoxy groups -OCH3 is 1. The molecule has 3 fully saturated rings. The number of anilines is 1. The highest BCUT2D eigenvalue weighted by atomic mass is 19.1. The number of carbonyl (C=O) groups is 2. The van der Waals surface area contributed by atoms with Gasteiger partial charge >= 0.3 is 6.09 Å². The first-order chi connectivity index (χ1) is 22.9. The first-order valence-electron chi connectivity index (χ1n) is 16.6. The van der Waals surface area contributed by atoms with E-state index in [1.807, 2.05) is 28.9 Å². The lowest BCUT2D eigenvalue weighted by atomic mass is 9.77. The van der Waals surface area contributed by atoms with Gasteiger partial charge in [0.05, 0.1) is 18.7 Å². The summed E-state index contributed by atoms with van der Waals surface area (Å²) in [6.45, 7) is 9.09. The number of likely N-dealkylation sites (tertiary alicyclic amines) is 2. The maximum atomic E-state index is 13.7. The number of hydrogen-bond donors (Lipinski definition) is 3. The number of ether oxygens (including phenoxy) is 1. The van der Waals surface area contributed by atoms with E-state index in [4.69, 9.17) is 15.6 Å². The number of nitriles is 1. The summed E-state index contributed by atoms with van der Waals surface area (Å²) in [6, 6.07) is 14.0. The number of fused-ring (bicyclic) bond motifs is 1. The molecule has 2 saturated heterocycles. The number of carbonyl (C=O) groups excluding carboxylic acids is 1. The summed E-state index contributed by atoms with van der Waals surface area (Å²) in [4.78, 5) is 28.9. The van der Waals surface area contributed by atoms with Crippen LogP contribution >= 0.6 is 0 Å². The highest BCUT2D eigenvalue weighted by Gasteiger charge is 2.53. The Hall–Kier alpha value is -4.63. The van der Waals surface area contributed by atoms with Crippen LogP contribution in [0.3, 0.4) is 0 Å². The first-order valence-corrected chi connectivity index (χ1v) is 16.6. The second kappa shape index (κ2) is 13.1. The Morgan fingerprint density at radius 1 is 1.12 bits per heavy atom. The third kappa shape index (κ3) is 6.31. The molecule has 1 aromatic heterocycles.